The van der Waals surface area contributed by atoms with E-state index >= 15 is 0 Å². The molecule has 0 rings (SSSR count). The molecule has 4 heteroatoms. The molecule has 0 heterocycles. The first-order valence-corrected chi connectivity index (χ1v) is 1.65. The van der Waals surface area contributed by atoms with E-state index in [2.05, 4.69) is 0 Å². The quantitative estimate of drug-likeness (QED) is 0.418. The average molecular weight is 84.0 g/mol. The Hall–Kier alpha value is -0.133. The second-order valence-electron chi connectivity index (χ2n) is 0.283. The van der Waals surface area contributed by atoms with Crippen molar-refractivity contribution in [2.24, 2.45) is 0 Å². The van der Waals surface area contributed by atoms with Gasteiger partial charge in [0.15, 0.2) is 0 Å². The number of rotatable bonds is 0. The van der Waals surface area contributed by atoms with Gasteiger partial charge < -0.3 is 10.2 Å². The third-order valence-corrected chi connectivity index (χ3v) is 0. The fourth-order valence-corrected chi connectivity index (χ4v) is 0. The van der Waals surface area contributed by atoms with E-state index in [9.17, 15) is 0 Å². The maximum atomic E-state index is 8.56. The summed E-state index contributed by atoms with van der Waals surface area (Å²) in [4.78, 5) is 8.56. The van der Waals surface area contributed by atoms with Gasteiger partial charge in [-0.3, -0.25) is 0 Å². The molecule has 0 bridgehead atoms. The minimum absolute atomic E-state index is 1.83. The number of hydrogen-bond donors (Lipinski definition) is 2. The standard InChI is InChI=1S/CH2O3.CH3.Li/c2-1(3)4;;/h(H2,2,3,4);1H3;. The molecule has 0 saturated carbocycles. The van der Waals surface area contributed by atoms with Crippen LogP contribution in [0.2, 0.25) is 5.60 Å². The molecule has 0 amide bonds. The van der Waals surface area contributed by atoms with Gasteiger partial charge in [0.1, 0.15) is 0 Å². The summed E-state index contributed by atoms with van der Waals surface area (Å²) in [5, 5.41) is 13.9. The van der Waals surface area contributed by atoms with Crippen molar-refractivity contribution in [3.63, 3.8) is 0 Å². The fraction of sp³-hybridized carbons (Fsp3) is 0.500. The van der Waals surface area contributed by atoms with Crippen LogP contribution in [-0.4, -0.2) is 34.1 Å². The molecule has 0 aromatic rings. The Labute approximate surface area is 45.2 Å². The van der Waals surface area contributed by atoms with Gasteiger partial charge in [-0.15, -0.1) is 0 Å². The minimum atomic E-state index is -1.83. The average Bonchev–Trinajstić information content (AvgIpc) is 1.41. The second-order valence-corrected chi connectivity index (χ2v) is 0.283. The van der Waals surface area contributed by atoms with Gasteiger partial charge in [0.25, 0.3) is 0 Å². The summed E-state index contributed by atoms with van der Waals surface area (Å²) in [7, 11) is 0. The van der Waals surface area contributed by atoms with Crippen LogP contribution in [0.3, 0.4) is 0 Å². The van der Waals surface area contributed by atoms with Crippen molar-refractivity contribution in [3.05, 3.63) is 0 Å². The normalized spacial score (nSPS) is 5.17. The Bertz CT molecular complexity index is 31.8. The van der Waals surface area contributed by atoms with Crippen LogP contribution in [0, 0.1) is 0 Å². The SMILES string of the molecule is O=C(O)O.[Li][CH3]. The molecule has 0 aromatic heterocycles. The van der Waals surface area contributed by atoms with Crippen LogP contribution < -0.4 is 0 Å². The van der Waals surface area contributed by atoms with Gasteiger partial charge in [0.2, 0.25) is 0 Å². The Kier molecular flexibility index (Phi) is 13.7. The summed E-state index contributed by atoms with van der Waals surface area (Å²) < 4.78 is 0. The van der Waals surface area contributed by atoms with Crippen LogP contribution in [-0.2, 0) is 0 Å². The van der Waals surface area contributed by atoms with Crippen molar-refractivity contribution in [1.82, 2.24) is 0 Å². The fourth-order valence-electron chi connectivity index (χ4n) is 0. The van der Waals surface area contributed by atoms with Crippen LogP contribution in [0.1, 0.15) is 0 Å². The summed E-state index contributed by atoms with van der Waals surface area (Å²) in [6, 6.07) is 0. The molecule has 0 atom stereocenters. The molecule has 0 radical (unpaired) electrons. The van der Waals surface area contributed by atoms with Gasteiger partial charge in [0, 0.05) is 0 Å². The molecule has 6 heavy (non-hydrogen) atoms. The van der Waals surface area contributed by atoms with E-state index in [1.54, 1.807) is 0 Å². The molecule has 32 valence electrons. The summed E-state index contributed by atoms with van der Waals surface area (Å²) >= 11 is 2.00. The molecule has 0 saturated heterocycles. The topological polar surface area (TPSA) is 57.5 Å². The molecule has 0 aliphatic heterocycles. The van der Waals surface area contributed by atoms with Gasteiger partial charge in [-0.05, 0) is 0 Å². The van der Waals surface area contributed by atoms with E-state index < -0.39 is 6.16 Å². The monoisotopic (exact) mass is 84.0 g/mol. The Morgan fingerprint density at radius 1 is 1.50 bits per heavy atom. The van der Waals surface area contributed by atoms with E-state index in [1.165, 1.54) is 0 Å². The Balaban J connectivity index is 0. The van der Waals surface area contributed by atoms with Crippen molar-refractivity contribution in [2.45, 2.75) is 5.60 Å². The van der Waals surface area contributed by atoms with Crippen molar-refractivity contribution < 1.29 is 15.0 Å². The van der Waals surface area contributed by atoms with E-state index in [4.69, 9.17) is 15.0 Å². The van der Waals surface area contributed by atoms with Crippen LogP contribution in [0.15, 0.2) is 0 Å². The van der Waals surface area contributed by atoms with E-state index in [-0.39, 0.29) is 0 Å². The zero-order chi connectivity index (χ0) is 5.58. The molecule has 0 spiro atoms. The van der Waals surface area contributed by atoms with Gasteiger partial charge in [0.05, 0.1) is 0 Å². The summed E-state index contributed by atoms with van der Waals surface area (Å²) in [6.45, 7) is 0. The maximum absolute atomic E-state index is 8.56. The van der Waals surface area contributed by atoms with Gasteiger partial charge in [-0.25, -0.2) is 4.79 Å². The molecular formula is C2H5LiO3. The van der Waals surface area contributed by atoms with E-state index in [1.807, 2.05) is 23.3 Å². The summed E-state index contributed by atoms with van der Waals surface area (Å²) in [5.74, 6) is 0. The van der Waals surface area contributed by atoms with Crippen LogP contribution >= 0.6 is 0 Å². The van der Waals surface area contributed by atoms with Crippen LogP contribution in [0.4, 0.5) is 4.79 Å². The summed E-state index contributed by atoms with van der Waals surface area (Å²) in [5.41, 5.74) is 2.00. The third-order valence-electron chi connectivity index (χ3n) is 0. The summed E-state index contributed by atoms with van der Waals surface area (Å²) in [6.07, 6.45) is -1.83. The molecule has 0 aliphatic carbocycles. The number of hydrogen-bond acceptors (Lipinski definition) is 1. The van der Waals surface area contributed by atoms with Crippen LogP contribution in [0.5, 0.6) is 0 Å². The molecule has 0 aliphatic rings. The van der Waals surface area contributed by atoms with E-state index in [0.29, 0.717) is 0 Å². The zero-order valence-electron chi connectivity index (χ0n) is 3.80. The predicted octanol–water partition coefficient (Wildman–Crippen LogP) is 0.425. The molecule has 0 aromatic carbocycles. The molecular weight excluding hydrogens is 79.0 g/mol. The number of carbonyl (C=O) groups is 1. The number of carboxylic acid groups (broad SMARTS) is 2. The first-order valence-electron chi connectivity index (χ1n) is 1.65. The van der Waals surface area contributed by atoms with Gasteiger partial charge >= 0.3 is 29.5 Å². The van der Waals surface area contributed by atoms with E-state index in [0.717, 1.165) is 0 Å². The van der Waals surface area contributed by atoms with Crippen molar-refractivity contribution in [1.29, 1.82) is 0 Å². The molecule has 2 N–H and O–H groups in total. The second kappa shape index (κ2) is 8.85. The van der Waals surface area contributed by atoms with Gasteiger partial charge in [-0.2, -0.15) is 0 Å². The first-order chi connectivity index (χ1) is 2.73. The molecule has 0 unspecified atom stereocenters. The van der Waals surface area contributed by atoms with Gasteiger partial charge in [-0.1, -0.05) is 0 Å². The van der Waals surface area contributed by atoms with Crippen molar-refractivity contribution in [3.8, 4) is 0 Å². The van der Waals surface area contributed by atoms with Crippen molar-refractivity contribution in [2.75, 3.05) is 0 Å². The van der Waals surface area contributed by atoms with Crippen LogP contribution in [0.25, 0.3) is 0 Å². The first kappa shape index (κ1) is 9.29. The Morgan fingerprint density at radius 2 is 1.50 bits per heavy atom. The third kappa shape index (κ3) is 1810. The molecule has 3 nitrogen and oxygen atoms in total. The Morgan fingerprint density at radius 3 is 1.50 bits per heavy atom. The van der Waals surface area contributed by atoms with Crippen molar-refractivity contribution >= 4 is 23.9 Å². The molecule has 0 fully saturated rings. The predicted molar refractivity (Wildman–Crippen MR) is 22.3 cm³/mol. The zero-order valence-corrected chi connectivity index (χ0v) is 3.80.